The Labute approximate surface area is 127 Å². The van der Waals surface area contributed by atoms with Gasteiger partial charge in [0.25, 0.3) is 0 Å². The van der Waals surface area contributed by atoms with E-state index in [0.717, 1.165) is 38.8 Å². The molecule has 1 aliphatic rings. The number of urea groups is 1. The monoisotopic (exact) mass is 289 g/mol. The molecule has 1 saturated heterocycles. The highest BCUT2D eigenvalue weighted by Crippen LogP contribution is 2.13. The van der Waals surface area contributed by atoms with Gasteiger partial charge in [-0.25, -0.2) is 4.79 Å². The van der Waals surface area contributed by atoms with Gasteiger partial charge < -0.3 is 16.0 Å². The highest BCUT2D eigenvalue weighted by Gasteiger charge is 2.21. The van der Waals surface area contributed by atoms with E-state index in [9.17, 15) is 4.79 Å². The van der Waals surface area contributed by atoms with Crippen LogP contribution in [0.3, 0.4) is 0 Å². The number of nitrogens with one attached hydrogen (secondary N) is 1. The number of likely N-dealkylation sites (tertiary alicyclic amines) is 1. The summed E-state index contributed by atoms with van der Waals surface area (Å²) >= 11 is 0. The Morgan fingerprint density at radius 1 is 1.33 bits per heavy atom. The second-order valence-corrected chi connectivity index (χ2v) is 6.19. The van der Waals surface area contributed by atoms with Gasteiger partial charge in [-0.05, 0) is 45.1 Å². The summed E-state index contributed by atoms with van der Waals surface area (Å²) < 4.78 is 0. The van der Waals surface area contributed by atoms with Crippen molar-refractivity contribution in [2.24, 2.45) is 5.73 Å². The van der Waals surface area contributed by atoms with Crippen LogP contribution in [0.5, 0.6) is 0 Å². The molecular formula is C17H27N3O. The highest BCUT2D eigenvalue weighted by atomic mass is 16.2. The number of piperidine rings is 1. The summed E-state index contributed by atoms with van der Waals surface area (Å²) in [7, 11) is 0. The van der Waals surface area contributed by atoms with Crippen LogP contribution < -0.4 is 11.1 Å². The van der Waals surface area contributed by atoms with Crippen molar-refractivity contribution in [3.8, 4) is 0 Å². The fourth-order valence-electron chi connectivity index (χ4n) is 2.89. The van der Waals surface area contributed by atoms with Crippen molar-refractivity contribution >= 4 is 6.03 Å². The fraction of sp³-hybridized carbons (Fsp3) is 0.588. The number of amides is 2. The molecule has 0 bridgehead atoms. The van der Waals surface area contributed by atoms with Crippen molar-refractivity contribution in [3.05, 3.63) is 35.4 Å². The summed E-state index contributed by atoms with van der Waals surface area (Å²) in [6, 6.07) is 9.49. The molecule has 0 unspecified atom stereocenters. The van der Waals surface area contributed by atoms with Gasteiger partial charge >= 0.3 is 6.03 Å². The third-order valence-corrected chi connectivity index (χ3v) is 4.31. The molecule has 2 rings (SSSR count). The van der Waals surface area contributed by atoms with E-state index < -0.39 is 0 Å². The predicted octanol–water partition coefficient (Wildman–Crippen LogP) is 2.45. The van der Waals surface area contributed by atoms with Gasteiger partial charge in [-0.1, -0.05) is 29.8 Å². The van der Waals surface area contributed by atoms with Gasteiger partial charge in [0.05, 0.1) is 0 Å². The van der Waals surface area contributed by atoms with Gasteiger partial charge in [0, 0.05) is 25.2 Å². The van der Waals surface area contributed by atoms with Crippen LogP contribution in [-0.2, 0) is 6.42 Å². The molecule has 0 radical (unpaired) electrons. The third kappa shape index (κ3) is 5.05. The number of aryl methyl sites for hydroxylation is 2. The Kier molecular flexibility index (Phi) is 5.62. The van der Waals surface area contributed by atoms with Crippen molar-refractivity contribution in [1.82, 2.24) is 10.2 Å². The minimum Gasteiger partial charge on any atom is -0.351 e. The van der Waals surface area contributed by atoms with E-state index in [1.54, 1.807) is 4.90 Å². The summed E-state index contributed by atoms with van der Waals surface area (Å²) in [5, 5.41) is 3.68. The highest BCUT2D eigenvalue weighted by molar-refractivity contribution is 5.72. The molecule has 1 aliphatic heterocycles. The average molecular weight is 289 g/mol. The van der Waals surface area contributed by atoms with E-state index in [0.29, 0.717) is 12.1 Å². The molecule has 4 nitrogen and oxygen atoms in total. The minimum atomic E-state index is -0.291. The number of primary amides is 1. The average Bonchev–Trinajstić information content (AvgIpc) is 2.47. The zero-order chi connectivity index (χ0) is 15.2. The van der Waals surface area contributed by atoms with E-state index in [1.807, 2.05) is 0 Å². The lowest BCUT2D eigenvalue weighted by molar-refractivity contribution is 0.182. The third-order valence-electron chi connectivity index (χ3n) is 4.31. The molecule has 21 heavy (non-hydrogen) atoms. The van der Waals surface area contributed by atoms with Crippen LogP contribution in [0, 0.1) is 6.92 Å². The molecule has 2 amide bonds. The van der Waals surface area contributed by atoms with Gasteiger partial charge in [-0.3, -0.25) is 0 Å². The first-order valence-electron chi connectivity index (χ1n) is 7.90. The van der Waals surface area contributed by atoms with Gasteiger partial charge in [0.2, 0.25) is 0 Å². The number of carbonyl (C=O) groups excluding carboxylic acids is 1. The van der Waals surface area contributed by atoms with Crippen LogP contribution in [0.4, 0.5) is 4.79 Å². The molecule has 1 fully saturated rings. The van der Waals surface area contributed by atoms with Crippen molar-refractivity contribution in [2.75, 3.05) is 13.1 Å². The Balaban J connectivity index is 1.69. The Morgan fingerprint density at radius 2 is 1.95 bits per heavy atom. The lowest BCUT2D eigenvalue weighted by Gasteiger charge is -2.33. The normalized spacial score (nSPS) is 17.7. The molecule has 0 saturated carbocycles. The van der Waals surface area contributed by atoms with Gasteiger partial charge in [0.1, 0.15) is 0 Å². The van der Waals surface area contributed by atoms with Crippen LogP contribution in [0.1, 0.15) is 37.3 Å². The smallest absolute Gasteiger partial charge is 0.314 e. The molecule has 3 N–H and O–H groups in total. The SMILES string of the molecule is Cc1ccc(CC[C@H](C)NC2CCN(C(N)=O)CC2)cc1. The number of rotatable bonds is 5. The van der Waals surface area contributed by atoms with Crippen molar-refractivity contribution in [2.45, 2.75) is 51.6 Å². The van der Waals surface area contributed by atoms with Crippen molar-refractivity contribution < 1.29 is 4.79 Å². The number of nitrogens with zero attached hydrogens (tertiary/aromatic N) is 1. The van der Waals surface area contributed by atoms with Crippen molar-refractivity contribution in [3.63, 3.8) is 0 Å². The quantitative estimate of drug-likeness (QED) is 0.874. The predicted molar refractivity (Wildman–Crippen MR) is 86.3 cm³/mol. The lowest BCUT2D eigenvalue weighted by Crippen LogP contribution is -2.48. The lowest BCUT2D eigenvalue weighted by atomic mass is 10.0. The number of carbonyl (C=O) groups is 1. The molecule has 1 atom stereocenters. The van der Waals surface area contributed by atoms with Crippen LogP contribution in [-0.4, -0.2) is 36.1 Å². The maximum atomic E-state index is 11.1. The fourth-order valence-corrected chi connectivity index (χ4v) is 2.89. The largest absolute Gasteiger partial charge is 0.351 e. The van der Waals surface area contributed by atoms with Gasteiger partial charge in [-0.2, -0.15) is 0 Å². The second kappa shape index (κ2) is 7.46. The molecular weight excluding hydrogens is 262 g/mol. The first kappa shape index (κ1) is 15.8. The maximum Gasteiger partial charge on any atom is 0.314 e. The number of nitrogens with two attached hydrogens (primary N) is 1. The minimum absolute atomic E-state index is 0.291. The number of benzene rings is 1. The molecule has 1 aromatic carbocycles. The zero-order valence-corrected chi connectivity index (χ0v) is 13.1. The number of hydrogen-bond donors (Lipinski definition) is 2. The molecule has 4 heteroatoms. The van der Waals surface area contributed by atoms with Crippen LogP contribution >= 0.6 is 0 Å². The summed E-state index contributed by atoms with van der Waals surface area (Å²) in [4.78, 5) is 12.8. The summed E-state index contributed by atoms with van der Waals surface area (Å²) in [5.41, 5.74) is 8.02. The summed E-state index contributed by atoms with van der Waals surface area (Å²) in [6.45, 7) is 5.91. The molecule has 116 valence electrons. The molecule has 0 aromatic heterocycles. The summed E-state index contributed by atoms with van der Waals surface area (Å²) in [5.74, 6) is 0. The maximum absolute atomic E-state index is 11.1. The molecule has 0 aliphatic carbocycles. The van der Waals surface area contributed by atoms with E-state index in [-0.39, 0.29) is 6.03 Å². The molecule has 0 spiro atoms. The second-order valence-electron chi connectivity index (χ2n) is 6.19. The Hall–Kier alpha value is -1.55. The first-order valence-corrected chi connectivity index (χ1v) is 7.90. The Morgan fingerprint density at radius 3 is 2.52 bits per heavy atom. The van der Waals surface area contributed by atoms with Gasteiger partial charge in [-0.15, -0.1) is 0 Å². The summed E-state index contributed by atoms with van der Waals surface area (Å²) in [6.07, 6.45) is 4.24. The van der Waals surface area contributed by atoms with Crippen LogP contribution in [0.25, 0.3) is 0 Å². The Bertz CT molecular complexity index is 450. The van der Waals surface area contributed by atoms with Crippen molar-refractivity contribution in [1.29, 1.82) is 0 Å². The molecule has 1 aromatic rings. The van der Waals surface area contributed by atoms with E-state index >= 15 is 0 Å². The van der Waals surface area contributed by atoms with E-state index in [4.69, 9.17) is 5.73 Å². The number of hydrogen-bond acceptors (Lipinski definition) is 2. The zero-order valence-electron chi connectivity index (χ0n) is 13.1. The van der Waals surface area contributed by atoms with Crippen LogP contribution in [0.15, 0.2) is 24.3 Å². The van der Waals surface area contributed by atoms with Gasteiger partial charge in [0.15, 0.2) is 0 Å². The van der Waals surface area contributed by atoms with Crippen LogP contribution in [0.2, 0.25) is 0 Å². The topological polar surface area (TPSA) is 58.4 Å². The standard InChI is InChI=1S/C17H27N3O/c1-13-3-6-15(7-4-13)8-5-14(2)19-16-9-11-20(12-10-16)17(18)21/h3-4,6-7,14,16,19H,5,8-12H2,1-2H3,(H2,18,21)/t14-/m0/s1. The molecule has 1 heterocycles. The first-order chi connectivity index (χ1) is 10.0. The van der Waals surface area contributed by atoms with E-state index in [2.05, 4.69) is 43.4 Å². The van der Waals surface area contributed by atoms with E-state index in [1.165, 1.54) is 11.1 Å².